The van der Waals surface area contributed by atoms with Crippen LogP contribution in [-0.2, 0) is 20.2 Å². The molecule has 0 fully saturated rings. The second-order valence-electron chi connectivity index (χ2n) is 6.51. The van der Waals surface area contributed by atoms with E-state index in [1.807, 2.05) is 33.8 Å². The van der Waals surface area contributed by atoms with Gasteiger partial charge in [0.05, 0.1) is 4.90 Å². The van der Waals surface area contributed by atoms with Crippen molar-refractivity contribution in [3.63, 3.8) is 0 Å². The molecule has 1 aromatic carbocycles. The van der Waals surface area contributed by atoms with E-state index in [1.165, 1.54) is 0 Å². The molecule has 1 aromatic rings. The fraction of sp³-hybridized carbons (Fsp3) is 0.562. The zero-order chi connectivity index (χ0) is 16.4. The highest BCUT2D eigenvalue weighted by atomic mass is 32.2. The van der Waals surface area contributed by atoms with Crippen LogP contribution in [0, 0.1) is 12.8 Å². The van der Waals surface area contributed by atoms with Gasteiger partial charge in [0.2, 0.25) is 5.91 Å². The predicted octanol–water partition coefficient (Wildman–Crippen LogP) is 3.14. The summed E-state index contributed by atoms with van der Waals surface area (Å²) in [6, 6.07) is 5.36. The van der Waals surface area contributed by atoms with Gasteiger partial charge in [0.25, 0.3) is 10.0 Å². The molecule has 4 nitrogen and oxygen atoms in total. The fourth-order valence-corrected chi connectivity index (χ4v) is 3.18. The highest BCUT2D eigenvalue weighted by Crippen LogP contribution is 2.26. The molecule has 0 spiro atoms. The summed E-state index contributed by atoms with van der Waals surface area (Å²) < 4.78 is 27.0. The third-order valence-corrected chi connectivity index (χ3v) is 5.13. The van der Waals surface area contributed by atoms with Crippen LogP contribution in [-0.4, -0.2) is 14.3 Å². The van der Waals surface area contributed by atoms with Crippen molar-refractivity contribution in [3.05, 3.63) is 29.3 Å². The number of hydrogen-bond acceptors (Lipinski definition) is 3. The lowest BCUT2D eigenvalue weighted by molar-refractivity contribution is -0.122. The summed E-state index contributed by atoms with van der Waals surface area (Å²) in [6.45, 7) is 11.4. The van der Waals surface area contributed by atoms with Crippen LogP contribution in [0.1, 0.15) is 52.2 Å². The molecule has 1 rings (SSSR count). The Morgan fingerprint density at radius 3 is 2.33 bits per heavy atom. The first-order chi connectivity index (χ1) is 9.49. The smallest absolute Gasteiger partial charge is 0.264 e. The molecule has 0 aromatic heterocycles. The molecule has 1 atom stereocenters. The maximum atomic E-state index is 12.4. The predicted molar refractivity (Wildman–Crippen MR) is 84.7 cm³/mol. The topological polar surface area (TPSA) is 63.2 Å². The molecule has 118 valence electrons. The molecule has 1 amide bonds. The Morgan fingerprint density at radius 2 is 1.86 bits per heavy atom. The molecule has 0 saturated heterocycles. The number of nitrogens with one attached hydrogen (secondary N) is 1. The third-order valence-electron chi connectivity index (χ3n) is 3.64. The molecule has 0 bridgehead atoms. The van der Waals surface area contributed by atoms with Crippen LogP contribution >= 0.6 is 0 Å². The van der Waals surface area contributed by atoms with Crippen LogP contribution in [0.3, 0.4) is 0 Å². The number of benzene rings is 1. The van der Waals surface area contributed by atoms with Gasteiger partial charge in [0.15, 0.2) is 0 Å². The minimum atomic E-state index is -3.83. The molecule has 1 unspecified atom stereocenters. The van der Waals surface area contributed by atoms with Crippen molar-refractivity contribution in [1.82, 2.24) is 4.72 Å². The Bertz CT molecular complexity index is 627. The number of amides is 1. The van der Waals surface area contributed by atoms with E-state index in [1.54, 1.807) is 26.0 Å². The Balaban J connectivity index is 3.23. The van der Waals surface area contributed by atoms with Crippen LogP contribution in [0.2, 0.25) is 0 Å². The van der Waals surface area contributed by atoms with Gasteiger partial charge in [-0.25, -0.2) is 13.1 Å². The number of aryl methyl sites for hydroxylation is 1. The second kappa shape index (κ2) is 6.18. The van der Waals surface area contributed by atoms with E-state index < -0.39 is 15.9 Å². The van der Waals surface area contributed by atoms with E-state index in [0.29, 0.717) is 12.0 Å². The lowest BCUT2D eigenvalue weighted by Gasteiger charge is -2.21. The minimum absolute atomic E-state index is 0.154. The van der Waals surface area contributed by atoms with Crippen molar-refractivity contribution >= 4 is 15.9 Å². The van der Waals surface area contributed by atoms with Crippen LogP contribution in [0.15, 0.2) is 23.1 Å². The molecule has 21 heavy (non-hydrogen) atoms. The van der Waals surface area contributed by atoms with Gasteiger partial charge >= 0.3 is 0 Å². The summed E-state index contributed by atoms with van der Waals surface area (Å²) >= 11 is 0. The lowest BCUT2D eigenvalue weighted by Crippen LogP contribution is -2.35. The summed E-state index contributed by atoms with van der Waals surface area (Å²) in [5.41, 5.74) is 1.40. The molecule has 5 heteroatoms. The van der Waals surface area contributed by atoms with Crippen LogP contribution < -0.4 is 4.72 Å². The van der Waals surface area contributed by atoms with E-state index in [-0.39, 0.29) is 16.2 Å². The summed E-state index contributed by atoms with van der Waals surface area (Å²) in [5.74, 6) is -0.788. The number of rotatable bonds is 4. The average Bonchev–Trinajstić information content (AvgIpc) is 2.35. The third kappa shape index (κ3) is 4.30. The zero-order valence-corrected chi connectivity index (χ0v) is 14.5. The molecule has 0 heterocycles. The Morgan fingerprint density at radius 1 is 1.29 bits per heavy atom. The molecule has 0 radical (unpaired) electrons. The highest BCUT2D eigenvalue weighted by Gasteiger charge is 2.24. The van der Waals surface area contributed by atoms with E-state index >= 15 is 0 Å². The lowest BCUT2D eigenvalue weighted by atomic mass is 9.87. The van der Waals surface area contributed by atoms with Crippen molar-refractivity contribution in [2.75, 3.05) is 0 Å². The quantitative estimate of drug-likeness (QED) is 0.929. The summed E-state index contributed by atoms with van der Waals surface area (Å²) in [5, 5.41) is 0. The molecule has 1 N–H and O–H groups in total. The zero-order valence-electron chi connectivity index (χ0n) is 13.6. The minimum Gasteiger partial charge on any atom is -0.274 e. The first-order valence-corrected chi connectivity index (χ1v) is 8.65. The number of hydrogen-bond donors (Lipinski definition) is 1. The molecule has 0 aliphatic rings. The highest BCUT2D eigenvalue weighted by molar-refractivity contribution is 7.90. The Kier molecular flexibility index (Phi) is 5.20. The largest absolute Gasteiger partial charge is 0.274 e. The van der Waals surface area contributed by atoms with E-state index in [2.05, 4.69) is 4.72 Å². The first kappa shape index (κ1) is 17.7. The SMILES string of the molecule is CCC(C)C(=O)NS(=O)(=O)c1cc(C(C)(C)C)ccc1C. The van der Waals surface area contributed by atoms with E-state index in [0.717, 1.165) is 5.56 Å². The summed E-state index contributed by atoms with van der Waals surface area (Å²) in [4.78, 5) is 12.0. The summed E-state index contributed by atoms with van der Waals surface area (Å²) in [6.07, 6.45) is 0.600. The van der Waals surface area contributed by atoms with Crippen LogP contribution in [0.5, 0.6) is 0 Å². The maximum absolute atomic E-state index is 12.4. The molecular formula is C16H25NO3S. The summed E-state index contributed by atoms with van der Waals surface area (Å²) in [7, 11) is -3.83. The Labute approximate surface area is 128 Å². The van der Waals surface area contributed by atoms with Crippen LogP contribution in [0.25, 0.3) is 0 Å². The molecule has 0 saturated carbocycles. The second-order valence-corrected chi connectivity index (χ2v) is 8.16. The molecular weight excluding hydrogens is 286 g/mol. The number of carbonyl (C=O) groups is 1. The first-order valence-electron chi connectivity index (χ1n) is 7.17. The van der Waals surface area contributed by atoms with E-state index in [9.17, 15) is 13.2 Å². The van der Waals surface area contributed by atoms with Crippen molar-refractivity contribution in [2.45, 2.75) is 58.3 Å². The Hall–Kier alpha value is -1.36. The molecule has 0 aliphatic carbocycles. The van der Waals surface area contributed by atoms with Gasteiger partial charge in [-0.05, 0) is 36.0 Å². The van der Waals surface area contributed by atoms with Crippen molar-refractivity contribution in [2.24, 2.45) is 5.92 Å². The van der Waals surface area contributed by atoms with Gasteiger partial charge in [0, 0.05) is 5.92 Å². The maximum Gasteiger partial charge on any atom is 0.264 e. The van der Waals surface area contributed by atoms with Crippen molar-refractivity contribution in [3.8, 4) is 0 Å². The number of sulfonamides is 1. The van der Waals surface area contributed by atoms with Gasteiger partial charge in [-0.3, -0.25) is 4.79 Å². The van der Waals surface area contributed by atoms with Gasteiger partial charge < -0.3 is 0 Å². The van der Waals surface area contributed by atoms with Gasteiger partial charge in [-0.2, -0.15) is 0 Å². The normalized spacial score (nSPS) is 13.8. The van der Waals surface area contributed by atoms with Gasteiger partial charge in [-0.1, -0.05) is 46.8 Å². The van der Waals surface area contributed by atoms with Crippen molar-refractivity contribution in [1.29, 1.82) is 0 Å². The van der Waals surface area contributed by atoms with Gasteiger partial charge in [0.1, 0.15) is 0 Å². The van der Waals surface area contributed by atoms with E-state index in [4.69, 9.17) is 0 Å². The fourth-order valence-electron chi connectivity index (χ4n) is 1.83. The van der Waals surface area contributed by atoms with Gasteiger partial charge in [-0.15, -0.1) is 0 Å². The number of carbonyl (C=O) groups excluding carboxylic acids is 1. The molecule has 0 aliphatic heterocycles. The van der Waals surface area contributed by atoms with Crippen LogP contribution in [0.4, 0.5) is 0 Å². The standard InChI is InChI=1S/C16H25NO3S/c1-7-11(2)15(18)17-21(19,20)14-10-13(16(4,5)6)9-8-12(14)3/h8-11H,7H2,1-6H3,(H,17,18). The monoisotopic (exact) mass is 311 g/mol. The average molecular weight is 311 g/mol. The van der Waals surface area contributed by atoms with Crippen molar-refractivity contribution < 1.29 is 13.2 Å².